The topological polar surface area (TPSA) is 21.3 Å². The lowest BCUT2D eigenvalue weighted by Gasteiger charge is -2.17. The first kappa shape index (κ1) is 15.0. The number of hydrogen-bond donors (Lipinski definition) is 1. The highest BCUT2D eigenvalue weighted by molar-refractivity contribution is 9.10. The van der Waals surface area contributed by atoms with Crippen LogP contribution in [0.1, 0.15) is 13.8 Å². The molecule has 0 saturated heterocycles. The van der Waals surface area contributed by atoms with Gasteiger partial charge in [-0.3, -0.25) is 0 Å². The minimum Gasteiger partial charge on any atom is -0.380 e. The highest BCUT2D eigenvalue weighted by Crippen LogP contribution is 2.21. The molecule has 0 spiro atoms. The van der Waals surface area contributed by atoms with Gasteiger partial charge < -0.3 is 10.1 Å². The first-order valence-electron chi connectivity index (χ1n) is 5.95. The van der Waals surface area contributed by atoms with E-state index in [1.165, 1.54) is 4.90 Å². The summed E-state index contributed by atoms with van der Waals surface area (Å²) in [5.41, 5.74) is 0. The third kappa shape index (κ3) is 6.46. The van der Waals surface area contributed by atoms with Crippen molar-refractivity contribution < 1.29 is 4.74 Å². The van der Waals surface area contributed by atoms with Crippen molar-refractivity contribution in [2.45, 2.75) is 24.8 Å². The van der Waals surface area contributed by atoms with Crippen LogP contribution in [-0.2, 0) is 4.74 Å². The minimum absolute atomic E-state index is 0.425. The second kappa shape index (κ2) is 8.97. The largest absolute Gasteiger partial charge is 0.380 e. The molecule has 4 heteroatoms. The van der Waals surface area contributed by atoms with Gasteiger partial charge in [-0.05, 0) is 37.7 Å². The molecule has 0 fully saturated rings. The lowest BCUT2D eigenvalue weighted by molar-refractivity contribution is 0.129. The number of halogens is 1. The van der Waals surface area contributed by atoms with Gasteiger partial charge in [0, 0.05) is 27.8 Å². The first-order valence-corrected chi connectivity index (χ1v) is 7.73. The van der Waals surface area contributed by atoms with E-state index in [4.69, 9.17) is 4.74 Å². The van der Waals surface area contributed by atoms with Crippen LogP contribution in [0.2, 0.25) is 0 Å². The number of ether oxygens (including phenoxy) is 1. The predicted molar refractivity (Wildman–Crippen MR) is 78.8 cm³/mol. The number of rotatable bonds is 8. The van der Waals surface area contributed by atoms with Crippen molar-refractivity contribution in [1.29, 1.82) is 0 Å². The fraction of sp³-hybridized carbons (Fsp3) is 0.538. The fourth-order valence-electron chi connectivity index (χ4n) is 1.44. The molecule has 2 nitrogen and oxygen atoms in total. The summed E-state index contributed by atoms with van der Waals surface area (Å²) >= 11 is 5.31. The molecule has 1 aromatic carbocycles. The standard InChI is InChI=1S/C13H20BrNOS/c1-3-15-12(9-16-4-2)10-17-13-7-5-11(14)6-8-13/h5-8,12,15H,3-4,9-10H2,1-2H3. The molecule has 0 saturated carbocycles. The smallest absolute Gasteiger partial charge is 0.0627 e. The van der Waals surface area contributed by atoms with Crippen molar-refractivity contribution in [1.82, 2.24) is 5.32 Å². The maximum Gasteiger partial charge on any atom is 0.0627 e. The Morgan fingerprint density at radius 2 is 2.00 bits per heavy atom. The summed E-state index contributed by atoms with van der Waals surface area (Å²) in [6.45, 7) is 6.71. The zero-order chi connectivity index (χ0) is 12.5. The highest BCUT2D eigenvalue weighted by atomic mass is 79.9. The third-order valence-corrected chi connectivity index (χ3v) is 3.98. The van der Waals surface area contributed by atoms with E-state index in [2.05, 4.69) is 52.4 Å². The molecule has 0 aromatic heterocycles. The molecule has 17 heavy (non-hydrogen) atoms. The third-order valence-electron chi connectivity index (χ3n) is 2.28. The number of hydrogen-bond acceptors (Lipinski definition) is 3. The van der Waals surface area contributed by atoms with Crippen molar-refractivity contribution in [2.24, 2.45) is 0 Å². The van der Waals surface area contributed by atoms with Crippen LogP contribution < -0.4 is 5.32 Å². The summed E-state index contributed by atoms with van der Waals surface area (Å²) in [5, 5.41) is 3.44. The van der Waals surface area contributed by atoms with E-state index in [-0.39, 0.29) is 0 Å². The van der Waals surface area contributed by atoms with Crippen LogP contribution >= 0.6 is 27.7 Å². The van der Waals surface area contributed by atoms with Gasteiger partial charge in [0.15, 0.2) is 0 Å². The second-order valence-electron chi connectivity index (χ2n) is 3.68. The van der Waals surface area contributed by atoms with Crippen molar-refractivity contribution in [2.75, 3.05) is 25.5 Å². The predicted octanol–water partition coefficient (Wildman–Crippen LogP) is 3.56. The van der Waals surface area contributed by atoms with Gasteiger partial charge in [-0.1, -0.05) is 22.9 Å². The Bertz CT molecular complexity index is 305. The average Bonchev–Trinajstić information content (AvgIpc) is 2.35. The Morgan fingerprint density at radius 3 is 2.59 bits per heavy atom. The molecule has 0 aliphatic heterocycles. The molecular weight excluding hydrogens is 298 g/mol. The van der Waals surface area contributed by atoms with Crippen LogP contribution in [0.5, 0.6) is 0 Å². The molecule has 0 aliphatic carbocycles. The average molecular weight is 318 g/mol. The number of nitrogens with one attached hydrogen (secondary N) is 1. The molecular formula is C13H20BrNOS. The van der Waals surface area contributed by atoms with Crippen LogP contribution in [0, 0.1) is 0 Å². The molecule has 0 aliphatic rings. The Morgan fingerprint density at radius 1 is 1.29 bits per heavy atom. The number of thioether (sulfide) groups is 1. The molecule has 0 radical (unpaired) electrons. The number of likely N-dealkylation sites (N-methyl/N-ethyl adjacent to an activating group) is 1. The lowest BCUT2D eigenvalue weighted by Crippen LogP contribution is -2.35. The quantitative estimate of drug-likeness (QED) is 0.741. The second-order valence-corrected chi connectivity index (χ2v) is 5.69. The molecule has 1 unspecified atom stereocenters. The molecule has 1 N–H and O–H groups in total. The van der Waals surface area contributed by atoms with Gasteiger partial charge in [-0.25, -0.2) is 0 Å². The summed E-state index contributed by atoms with van der Waals surface area (Å²) in [6, 6.07) is 8.85. The Balaban J connectivity index is 2.37. The molecule has 0 heterocycles. The maximum absolute atomic E-state index is 5.47. The molecule has 0 bridgehead atoms. The molecule has 1 atom stereocenters. The van der Waals surface area contributed by atoms with Crippen molar-refractivity contribution in [3.8, 4) is 0 Å². The van der Waals surface area contributed by atoms with Crippen molar-refractivity contribution in [3.63, 3.8) is 0 Å². The van der Waals surface area contributed by atoms with Crippen LogP contribution in [0.4, 0.5) is 0 Å². The summed E-state index contributed by atoms with van der Waals surface area (Å²) < 4.78 is 6.60. The molecule has 96 valence electrons. The Kier molecular flexibility index (Phi) is 7.93. The van der Waals surface area contributed by atoms with E-state index in [0.29, 0.717) is 6.04 Å². The van der Waals surface area contributed by atoms with E-state index < -0.39 is 0 Å². The monoisotopic (exact) mass is 317 g/mol. The highest BCUT2D eigenvalue weighted by Gasteiger charge is 2.07. The SMILES string of the molecule is CCNC(COCC)CSc1ccc(Br)cc1. The van der Waals surface area contributed by atoms with Gasteiger partial charge in [-0.2, -0.15) is 0 Å². The zero-order valence-electron chi connectivity index (χ0n) is 10.4. The van der Waals surface area contributed by atoms with Gasteiger partial charge in [0.2, 0.25) is 0 Å². The summed E-state index contributed by atoms with van der Waals surface area (Å²) in [7, 11) is 0. The van der Waals surface area contributed by atoms with E-state index in [0.717, 1.165) is 30.0 Å². The van der Waals surface area contributed by atoms with E-state index >= 15 is 0 Å². The molecule has 1 aromatic rings. The maximum atomic E-state index is 5.47. The first-order chi connectivity index (χ1) is 8.26. The lowest BCUT2D eigenvalue weighted by atomic mass is 10.3. The normalized spacial score (nSPS) is 12.6. The van der Waals surface area contributed by atoms with Gasteiger partial charge in [0.1, 0.15) is 0 Å². The Hall–Kier alpha value is -0.0300. The van der Waals surface area contributed by atoms with E-state index in [1.54, 1.807) is 0 Å². The van der Waals surface area contributed by atoms with Crippen LogP contribution in [0.25, 0.3) is 0 Å². The summed E-state index contributed by atoms with van der Waals surface area (Å²) in [5.74, 6) is 1.04. The van der Waals surface area contributed by atoms with Gasteiger partial charge in [-0.15, -0.1) is 11.8 Å². The van der Waals surface area contributed by atoms with Crippen LogP contribution in [0.3, 0.4) is 0 Å². The van der Waals surface area contributed by atoms with Gasteiger partial charge in [0.25, 0.3) is 0 Å². The molecule has 0 amide bonds. The van der Waals surface area contributed by atoms with Gasteiger partial charge in [0.05, 0.1) is 6.61 Å². The molecule has 1 rings (SSSR count). The van der Waals surface area contributed by atoms with Crippen molar-refractivity contribution >= 4 is 27.7 Å². The summed E-state index contributed by atoms with van der Waals surface area (Å²) in [6.07, 6.45) is 0. The van der Waals surface area contributed by atoms with E-state index in [9.17, 15) is 0 Å². The van der Waals surface area contributed by atoms with Gasteiger partial charge >= 0.3 is 0 Å². The zero-order valence-corrected chi connectivity index (χ0v) is 12.8. The van der Waals surface area contributed by atoms with Crippen LogP contribution in [0.15, 0.2) is 33.6 Å². The van der Waals surface area contributed by atoms with Crippen LogP contribution in [-0.4, -0.2) is 31.6 Å². The fourth-order valence-corrected chi connectivity index (χ4v) is 2.64. The van der Waals surface area contributed by atoms with Crippen molar-refractivity contribution in [3.05, 3.63) is 28.7 Å². The summed E-state index contributed by atoms with van der Waals surface area (Å²) in [4.78, 5) is 1.30. The minimum atomic E-state index is 0.425. The Labute approximate surface area is 117 Å². The van der Waals surface area contributed by atoms with E-state index in [1.807, 2.05) is 18.7 Å². The number of benzene rings is 1.